The van der Waals surface area contributed by atoms with Crippen LogP contribution in [0.5, 0.6) is 11.6 Å². The first-order chi connectivity index (χ1) is 17.9. The second-order valence-electron chi connectivity index (χ2n) is 9.16. The number of nitro benzene ring substituents is 1. The van der Waals surface area contributed by atoms with E-state index in [2.05, 4.69) is 15.1 Å². The predicted octanol–water partition coefficient (Wildman–Crippen LogP) is 4.71. The number of sulfonamides is 1. The number of rotatable bonds is 11. The average Bonchev–Trinajstić information content (AvgIpc) is 3.19. The number of nitro groups is 1. The molecule has 1 amide bonds. The molecule has 1 heterocycles. The summed E-state index contributed by atoms with van der Waals surface area (Å²) in [4.78, 5) is 23.3. The predicted molar refractivity (Wildman–Crippen MR) is 144 cm³/mol. The lowest BCUT2D eigenvalue weighted by Gasteiger charge is -2.17. The number of aryl methyl sites for hydroxylation is 2. The van der Waals surface area contributed by atoms with Gasteiger partial charge in [-0.1, -0.05) is 26.0 Å². The Hall–Kier alpha value is -3.77. The smallest absolute Gasteiger partial charge is 0.272 e. The van der Waals surface area contributed by atoms with E-state index >= 15 is 0 Å². The molecule has 0 unspecified atom stereocenters. The Morgan fingerprint density at radius 2 is 1.87 bits per heavy atom. The molecule has 0 spiro atoms. The largest absolute Gasteiger partial charge is 0.437 e. The molecule has 0 aliphatic heterocycles. The minimum atomic E-state index is -4.19. The number of amides is 1. The highest BCUT2D eigenvalue weighted by atomic mass is 32.2. The van der Waals surface area contributed by atoms with Crippen LogP contribution in [0.15, 0.2) is 41.3 Å². The number of aromatic nitrogens is 2. The zero-order chi connectivity index (χ0) is 28.2. The summed E-state index contributed by atoms with van der Waals surface area (Å²) in [5, 5.41) is 18.8. The van der Waals surface area contributed by atoms with Crippen LogP contribution >= 0.6 is 0 Å². The summed E-state index contributed by atoms with van der Waals surface area (Å²) in [5.74, 6) is -0.413. The van der Waals surface area contributed by atoms with Gasteiger partial charge in [0.2, 0.25) is 15.9 Å². The van der Waals surface area contributed by atoms with Crippen LogP contribution in [0.1, 0.15) is 60.8 Å². The lowest BCUT2D eigenvalue weighted by Crippen LogP contribution is -2.32. The summed E-state index contributed by atoms with van der Waals surface area (Å²) in [7, 11) is -4.19. The van der Waals surface area contributed by atoms with Crippen molar-refractivity contribution < 1.29 is 22.9 Å². The van der Waals surface area contributed by atoms with E-state index in [1.54, 1.807) is 13.8 Å². The number of non-ortho nitro benzene ring substituents is 1. The molecule has 0 saturated heterocycles. The van der Waals surface area contributed by atoms with Gasteiger partial charge < -0.3 is 10.1 Å². The van der Waals surface area contributed by atoms with Crippen molar-refractivity contribution in [3.63, 3.8) is 0 Å². The fourth-order valence-corrected chi connectivity index (χ4v) is 5.14. The molecule has 1 atom stereocenters. The molecule has 2 aromatic carbocycles. The summed E-state index contributed by atoms with van der Waals surface area (Å²) in [6.07, 6.45) is 1.25. The van der Waals surface area contributed by atoms with Crippen molar-refractivity contribution in [2.45, 2.75) is 65.3 Å². The van der Waals surface area contributed by atoms with E-state index in [1.165, 1.54) is 16.8 Å². The van der Waals surface area contributed by atoms with Crippen molar-refractivity contribution in [1.29, 1.82) is 0 Å². The number of ether oxygens (including phenoxy) is 1. The lowest BCUT2D eigenvalue weighted by atomic mass is 10.1. The summed E-state index contributed by atoms with van der Waals surface area (Å²) >= 11 is 0. The number of nitrogens with one attached hydrogen (secondary N) is 2. The monoisotopic (exact) mass is 543 g/mol. The number of carbonyl (C=O) groups excluding carboxylic acids is 1. The van der Waals surface area contributed by atoms with Crippen molar-refractivity contribution in [2.75, 3.05) is 6.54 Å². The zero-order valence-electron chi connectivity index (χ0n) is 22.4. The quantitative estimate of drug-likeness (QED) is 0.263. The summed E-state index contributed by atoms with van der Waals surface area (Å²) < 4.78 is 36.7. The third kappa shape index (κ3) is 6.20. The molecule has 0 aliphatic carbocycles. The molecule has 38 heavy (non-hydrogen) atoms. The van der Waals surface area contributed by atoms with Crippen LogP contribution in [-0.2, 0) is 10.0 Å². The Morgan fingerprint density at radius 1 is 1.16 bits per heavy atom. The van der Waals surface area contributed by atoms with E-state index in [0.717, 1.165) is 23.6 Å². The van der Waals surface area contributed by atoms with Gasteiger partial charge >= 0.3 is 0 Å². The number of nitrogens with zero attached hydrogens (tertiary/aromatic N) is 3. The topological polar surface area (TPSA) is 145 Å². The molecule has 2 N–H and O–H groups in total. The van der Waals surface area contributed by atoms with Gasteiger partial charge in [-0.3, -0.25) is 14.9 Å². The van der Waals surface area contributed by atoms with Gasteiger partial charge in [-0.2, -0.15) is 9.78 Å². The first-order valence-electron chi connectivity index (χ1n) is 12.3. The van der Waals surface area contributed by atoms with Crippen LogP contribution in [0.3, 0.4) is 0 Å². The van der Waals surface area contributed by atoms with Crippen molar-refractivity contribution in [1.82, 2.24) is 19.8 Å². The summed E-state index contributed by atoms with van der Waals surface area (Å²) in [5.41, 5.74) is 2.54. The van der Waals surface area contributed by atoms with Crippen molar-refractivity contribution >= 4 is 21.6 Å². The van der Waals surface area contributed by atoms with E-state index in [4.69, 9.17) is 4.74 Å². The molecule has 3 aromatic rings. The van der Waals surface area contributed by atoms with Crippen LogP contribution in [0.2, 0.25) is 0 Å². The molecule has 0 bridgehead atoms. The number of carbonyl (C=O) groups is 1. The summed E-state index contributed by atoms with van der Waals surface area (Å²) in [6, 6.07) is 8.67. The molecule has 3 rings (SSSR count). The van der Waals surface area contributed by atoms with Crippen LogP contribution in [0.25, 0.3) is 5.69 Å². The Morgan fingerprint density at radius 3 is 2.50 bits per heavy atom. The number of benzene rings is 2. The third-order valence-electron chi connectivity index (χ3n) is 6.01. The third-order valence-corrected chi connectivity index (χ3v) is 7.63. The Kier molecular flexibility index (Phi) is 8.89. The maximum Gasteiger partial charge on any atom is 0.272 e. The molecule has 0 fully saturated rings. The lowest BCUT2D eigenvalue weighted by molar-refractivity contribution is -0.385. The minimum Gasteiger partial charge on any atom is -0.437 e. The molecule has 0 aliphatic rings. The molecule has 11 nitrogen and oxygen atoms in total. The van der Waals surface area contributed by atoms with E-state index < -0.39 is 37.5 Å². The first-order valence-corrected chi connectivity index (χ1v) is 13.8. The maximum absolute atomic E-state index is 13.3. The second kappa shape index (κ2) is 11.7. The number of hydrogen-bond donors (Lipinski definition) is 2. The van der Waals surface area contributed by atoms with Crippen LogP contribution < -0.4 is 14.8 Å². The fourth-order valence-electron chi connectivity index (χ4n) is 3.67. The fraction of sp³-hybridized carbons (Fsp3) is 0.385. The highest BCUT2D eigenvalue weighted by molar-refractivity contribution is 7.89. The minimum absolute atomic E-state index is 0.120. The van der Waals surface area contributed by atoms with Gasteiger partial charge in [0.05, 0.1) is 10.6 Å². The molecule has 1 aromatic heterocycles. The molecule has 0 saturated carbocycles. The van der Waals surface area contributed by atoms with Gasteiger partial charge in [-0.15, -0.1) is 0 Å². The zero-order valence-corrected chi connectivity index (χ0v) is 23.2. The van der Waals surface area contributed by atoms with Gasteiger partial charge in [-0.05, 0) is 63.8 Å². The average molecular weight is 544 g/mol. The normalized spacial score (nSPS) is 12.3. The van der Waals surface area contributed by atoms with E-state index in [0.29, 0.717) is 24.2 Å². The highest BCUT2D eigenvalue weighted by Crippen LogP contribution is 2.36. The van der Waals surface area contributed by atoms with Crippen molar-refractivity contribution in [3.05, 3.63) is 68.9 Å². The van der Waals surface area contributed by atoms with Gasteiger partial charge in [0.25, 0.3) is 11.6 Å². The Balaban J connectivity index is 2.24. The van der Waals surface area contributed by atoms with Crippen LogP contribution in [-0.4, -0.2) is 41.6 Å². The van der Waals surface area contributed by atoms with E-state index in [-0.39, 0.29) is 17.3 Å². The Bertz CT molecular complexity index is 1460. The van der Waals surface area contributed by atoms with Gasteiger partial charge in [0.15, 0.2) is 5.69 Å². The molecule has 0 radical (unpaired) electrons. The molecular formula is C26H33N5O6S. The Labute approximate surface area is 222 Å². The van der Waals surface area contributed by atoms with E-state index in [9.17, 15) is 23.3 Å². The van der Waals surface area contributed by atoms with Crippen molar-refractivity contribution in [2.24, 2.45) is 0 Å². The standard InChI is InChI=1S/C26H33N5O6S/c1-7-13-27-25(32)24-19(6)26(30(28-24)21-14-16(3)9-10-17(21)4)37-22-12-11-20(31(33)34)15-23(22)38(35,36)29-18(5)8-2/h9-12,14-15,18,29H,7-8,13H2,1-6H3,(H,27,32)/t18-/m1/s1. The van der Waals surface area contributed by atoms with Gasteiger partial charge in [0.1, 0.15) is 10.6 Å². The second-order valence-corrected chi connectivity index (χ2v) is 10.8. The first kappa shape index (κ1) is 28.8. The highest BCUT2D eigenvalue weighted by Gasteiger charge is 2.28. The van der Waals surface area contributed by atoms with Crippen LogP contribution in [0.4, 0.5) is 5.69 Å². The van der Waals surface area contributed by atoms with E-state index in [1.807, 2.05) is 45.9 Å². The number of hydrogen-bond acceptors (Lipinski definition) is 7. The van der Waals surface area contributed by atoms with Gasteiger partial charge in [-0.25, -0.2) is 13.1 Å². The SMILES string of the molecule is CCCNC(=O)c1nn(-c2cc(C)ccc2C)c(Oc2ccc([N+](=O)[O-])cc2S(=O)(=O)N[C@H](C)CC)c1C. The van der Waals surface area contributed by atoms with Crippen LogP contribution in [0, 0.1) is 30.9 Å². The molecule has 12 heteroatoms. The maximum atomic E-state index is 13.3. The van der Waals surface area contributed by atoms with Crippen molar-refractivity contribution in [3.8, 4) is 17.3 Å². The summed E-state index contributed by atoms with van der Waals surface area (Å²) in [6.45, 7) is 11.3. The molecule has 204 valence electrons. The van der Waals surface area contributed by atoms with Gasteiger partial charge in [0, 0.05) is 30.3 Å². The molecular weight excluding hydrogens is 510 g/mol.